The van der Waals surface area contributed by atoms with Crippen LogP contribution in [0, 0.1) is 11.8 Å². The van der Waals surface area contributed by atoms with Gasteiger partial charge in [-0.3, -0.25) is 9.59 Å². The molecule has 1 amide bonds. The molecular formula is C23H28F3N7O3. The van der Waals surface area contributed by atoms with E-state index in [0.717, 1.165) is 25.2 Å². The van der Waals surface area contributed by atoms with Crippen LogP contribution in [0.4, 0.5) is 24.8 Å². The zero-order valence-electron chi connectivity index (χ0n) is 19.7. The quantitative estimate of drug-likeness (QED) is 0.417. The Bertz CT molecular complexity index is 1140. The Labute approximate surface area is 205 Å². The van der Waals surface area contributed by atoms with E-state index in [0.29, 0.717) is 17.8 Å². The maximum Gasteiger partial charge on any atom is 0.423 e. The van der Waals surface area contributed by atoms with Crippen molar-refractivity contribution in [2.24, 2.45) is 11.8 Å². The molecular weight excluding hydrogens is 479 g/mol. The number of carbonyl (C=O) groups excluding carboxylic acids is 1. The highest BCUT2D eigenvalue weighted by Crippen LogP contribution is 2.46. The number of aromatic nitrogens is 4. The van der Waals surface area contributed by atoms with Gasteiger partial charge in [0.05, 0.1) is 25.1 Å². The number of nitrogens with zero attached hydrogens (tertiary/aromatic N) is 4. The molecule has 3 atom stereocenters. The summed E-state index contributed by atoms with van der Waals surface area (Å²) < 4.78 is 44.8. The predicted octanol–water partition coefficient (Wildman–Crippen LogP) is 1.91. The molecule has 0 radical (unpaired) electrons. The number of hydrogen-bond donors (Lipinski definition) is 3. The molecule has 2 aromatic heterocycles. The Morgan fingerprint density at radius 3 is 2.56 bits per heavy atom. The summed E-state index contributed by atoms with van der Waals surface area (Å²) in [4.78, 5) is 35.0. The summed E-state index contributed by atoms with van der Waals surface area (Å²) >= 11 is 0. The Kier molecular flexibility index (Phi) is 6.58. The van der Waals surface area contributed by atoms with Gasteiger partial charge < -0.3 is 20.3 Å². The zero-order chi connectivity index (χ0) is 25.4. The number of carbonyl (C=O) groups is 1. The Morgan fingerprint density at radius 1 is 1.22 bits per heavy atom. The molecule has 194 valence electrons. The SMILES string of the molecule is CC(COCCC(=O)NC1C2CN(c3ncc(C4CC4)cn3)CC21)Nc1cn[nH]c(=O)c1C(F)(F)F. The minimum absolute atomic E-state index is 0.0561. The van der Waals surface area contributed by atoms with Gasteiger partial charge in [0.25, 0.3) is 5.56 Å². The fourth-order valence-electron chi connectivity index (χ4n) is 4.81. The standard InChI is InChI=1S/C23H28F3N7O3/c1-12(30-17-8-29-32-21(35)19(17)23(24,25)26)11-36-5-4-18(34)31-20-15-9-33(10-16(15)20)22-27-6-14(7-28-22)13-2-3-13/h6-8,12-13,15-16,20H,2-5,9-11H2,1H3,(H,31,34)(H2,30,32,35). The summed E-state index contributed by atoms with van der Waals surface area (Å²) in [5, 5.41) is 10.9. The van der Waals surface area contributed by atoms with Gasteiger partial charge in [0.2, 0.25) is 11.9 Å². The monoisotopic (exact) mass is 507 g/mol. The van der Waals surface area contributed by atoms with E-state index in [1.807, 2.05) is 12.4 Å². The number of amides is 1. The number of anilines is 2. The van der Waals surface area contributed by atoms with Crippen molar-refractivity contribution >= 4 is 17.5 Å². The Balaban J connectivity index is 0.993. The van der Waals surface area contributed by atoms with Crippen molar-refractivity contribution in [3.8, 4) is 0 Å². The molecule has 13 heteroatoms. The molecule has 3 aliphatic rings. The zero-order valence-corrected chi connectivity index (χ0v) is 19.7. The van der Waals surface area contributed by atoms with Gasteiger partial charge in [0.15, 0.2) is 0 Å². The van der Waals surface area contributed by atoms with Crippen LogP contribution in [0.2, 0.25) is 0 Å². The second kappa shape index (κ2) is 9.68. The highest BCUT2D eigenvalue weighted by molar-refractivity contribution is 5.77. The second-order valence-corrected chi connectivity index (χ2v) is 9.77. The number of piperidine rings is 1. The van der Waals surface area contributed by atoms with Gasteiger partial charge in [-0.25, -0.2) is 15.1 Å². The van der Waals surface area contributed by atoms with E-state index in [2.05, 4.69) is 30.6 Å². The van der Waals surface area contributed by atoms with Crippen molar-refractivity contribution in [2.45, 2.75) is 50.4 Å². The van der Waals surface area contributed by atoms with Gasteiger partial charge >= 0.3 is 6.18 Å². The minimum Gasteiger partial charge on any atom is -0.379 e. The van der Waals surface area contributed by atoms with Crippen molar-refractivity contribution in [1.29, 1.82) is 0 Å². The summed E-state index contributed by atoms with van der Waals surface area (Å²) in [7, 11) is 0. The number of alkyl halides is 3. The lowest BCUT2D eigenvalue weighted by Gasteiger charge is -2.20. The van der Waals surface area contributed by atoms with E-state index in [-0.39, 0.29) is 31.6 Å². The lowest BCUT2D eigenvalue weighted by molar-refractivity contribution is -0.138. The van der Waals surface area contributed by atoms with Gasteiger partial charge in [-0.15, -0.1) is 0 Å². The molecule has 0 spiro atoms. The Morgan fingerprint density at radius 2 is 1.92 bits per heavy atom. The van der Waals surface area contributed by atoms with Gasteiger partial charge in [0.1, 0.15) is 5.56 Å². The third kappa shape index (κ3) is 5.45. The molecule has 2 aliphatic carbocycles. The first-order valence-corrected chi connectivity index (χ1v) is 12.1. The smallest absolute Gasteiger partial charge is 0.379 e. The number of ether oxygens (including phenoxy) is 1. The summed E-state index contributed by atoms with van der Waals surface area (Å²) in [5.41, 5.74) is -1.86. The van der Waals surface area contributed by atoms with Crippen LogP contribution in [0.15, 0.2) is 23.4 Å². The number of halogens is 3. The van der Waals surface area contributed by atoms with E-state index >= 15 is 0 Å². The van der Waals surface area contributed by atoms with Crippen molar-refractivity contribution in [3.63, 3.8) is 0 Å². The van der Waals surface area contributed by atoms with E-state index < -0.39 is 29.0 Å². The second-order valence-electron chi connectivity index (χ2n) is 9.77. The summed E-state index contributed by atoms with van der Waals surface area (Å²) in [5.74, 6) is 2.02. The third-order valence-corrected chi connectivity index (χ3v) is 6.89. The number of rotatable bonds is 10. The molecule has 3 unspecified atom stereocenters. The molecule has 3 N–H and O–H groups in total. The van der Waals surface area contributed by atoms with Gasteiger partial charge in [0, 0.05) is 55.8 Å². The number of fused-ring (bicyclic) bond motifs is 1. The van der Waals surface area contributed by atoms with E-state index in [1.54, 1.807) is 12.0 Å². The first kappa shape index (κ1) is 24.5. The molecule has 2 aromatic rings. The first-order chi connectivity index (χ1) is 17.2. The highest BCUT2D eigenvalue weighted by atomic mass is 19.4. The topological polar surface area (TPSA) is 125 Å². The van der Waals surface area contributed by atoms with E-state index in [1.165, 1.54) is 18.4 Å². The van der Waals surface area contributed by atoms with Gasteiger partial charge in [-0.2, -0.15) is 18.3 Å². The number of H-pyrrole nitrogens is 1. The van der Waals surface area contributed by atoms with Crippen molar-refractivity contribution in [2.75, 3.05) is 36.5 Å². The molecule has 0 aromatic carbocycles. The molecule has 3 heterocycles. The fraction of sp³-hybridized carbons (Fsp3) is 0.609. The first-order valence-electron chi connectivity index (χ1n) is 12.1. The van der Waals surface area contributed by atoms with Crippen LogP contribution >= 0.6 is 0 Å². The molecule has 2 saturated carbocycles. The third-order valence-electron chi connectivity index (χ3n) is 6.89. The highest BCUT2D eigenvalue weighted by Gasteiger charge is 2.56. The molecule has 0 bridgehead atoms. The van der Waals surface area contributed by atoms with Crippen molar-refractivity contribution in [1.82, 2.24) is 25.5 Å². The molecule has 5 rings (SSSR count). The molecule has 36 heavy (non-hydrogen) atoms. The van der Waals surface area contributed by atoms with Gasteiger partial charge in [-0.05, 0) is 31.2 Å². The predicted molar refractivity (Wildman–Crippen MR) is 124 cm³/mol. The molecule has 1 aliphatic heterocycles. The van der Waals surface area contributed by atoms with Crippen LogP contribution in [-0.4, -0.2) is 64.5 Å². The lowest BCUT2D eigenvalue weighted by atomic mass is 10.2. The normalized spacial score (nSPS) is 23.8. The largest absolute Gasteiger partial charge is 0.423 e. The van der Waals surface area contributed by atoms with Gasteiger partial charge in [-0.1, -0.05) is 0 Å². The minimum atomic E-state index is -4.82. The molecule has 10 nitrogen and oxygen atoms in total. The average Bonchev–Trinajstić information content (AvgIpc) is 3.73. The van der Waals surface area contributed by atoms with Crippen LogP contribution in [0.3, 0.4) is 0 Å². The average molecular weight is 508 g/mol. The van der Waals surface area contributed by atoms with Crippen LogP contribution < -0.4 is 21.1 Å². The van der Waals surface area contributed by atoms with Crippen LogP contribution in [-0.2, 0) is 15.7 Å². The van der Waals surface area contributed by atoms with Crippen molar-refractivity contribution < 1.29 is 22.7 Å². The van der Waals surface area contributed by atoms with E-state index in [9.17, 15) is 22.8 Å². The van der Waals surface area contributed by atoms with E-state index in [4.69, 9.17) is 4.74 Å². The van der Waals surface area contributed by atoms with Crippen LogP contribution in [0.25, 0.3) is 0 Å². The maximum absolute atomic E-state index is 13.1. The maximum atomic E-state index is 13.1. The summed E-state index contributed by atoms with van der Waals surface area (Å²) in [6.45, 7) is 3.43. The van der Waals surface area contributed by atoms with Crippen LogP contribution in [0.1, 0.15) is 43.2 Å². The van der Waals surface area contributed by atoms with Crippen LogP contribution in [0.5, 0.6) is 0 Å². The van der Waals surface area contributed by atoms with Crippen molar-refractivity contribution in [3.05, 3.63) is 40.1 Å². The molecule has 3 fully saturated rings. The molecule has 1 saturated heterocycles. The number of aromatic amines is 1. The number of hydrogen-bond acceptors (Lipinski definition) is 8. The summed E-state index contributed by atoms with van der Waals surface area (Å²) in [6, 6.07) is -0.392. The Hall–Kier alpha value is -3.22. The fourth-order valence-corrected chi connectivity index (χ4v) is 4.81. The number of nitrogens with one attached hydrogen (secondary N) is 3. The lowest BCUT2D eigenvalue weighted by Crippen LogP contribution is -2.35. The summed E-state index contributed by atoms with van der Waals surface area (Å²) in [6.07, 6.45) is 2.53.